The van der Waals surface area contributed by atoms with Gasteiger partial charge in [-0.05, 0) is 31.5 Å². The van der Waals surface area contributed by atoms with E-state index in [1.165, 1.54) is 42.8 Å². The van der Waals surface area contributed by atoms with Crippen LogP contribution in [0.1, 0.15) is 25.8 Å². The lowest BCUT2D eigenvalue weighted by molar-refractivity contribution is 0.151. The van der Waals surface area contributed by atoms with Crippen molar-refractivity contribution in [2.75, 3.05) is 7.11 Å². The number of rotatable bonds is 6. The highest BCUT2D eigenvalue weighted by Gasteiger charge is 2.18. The molecule has 1 atom stereocenters. The predicted molar refractivity (Wildman–Crippen MR) is 112 cm³/mol. The van der Waals surface area contributed by atoms with Crippen LogP contribution in [-0.2, 0) is 0 Å². The Labute approximate surface area is 175 Å². The molecule has 0 aliphatic carbocycles. The summed E-state index contributed by atoms with van der Waals surface area (Å²) in [5.74, 6) is 0.0642. The number of benzene rings is 2. The van der Waals surface area contributed by atoms with Crippen molar-refractivity contribution in [3.63, 3.8) is 0 Å². The molecule has 155 valence electrons. The van der Waals surface area contributed by atoms with Crippen LogP contribution in [0, 0.1) is 12.2 Å². The van der Waals surface area contributed by atoms with Crippen molar-refractivity contribution in [2.24, 2.45) is 0 Å². The summed E-state index contributed by atoms with van der Waals surface area (Å²) in [4.78, 5) is 8.85. The number of thiazole rings is 1. The molecule has 0 N–H and O–H groups in total. The quantitative estimate of drug-likeness (QED) is 0.346. The highest BCUT2D eigenvalue weighted by Crippen LogP contribution is 2.39. The van der Waals surface area contributed by atoms with E-state index < -0.39 is 12.2 Å². The van der Waals surface area contributed by atoms with Crippen LogP contribution in [0.25, 0.3) is 31.7 Å². The lowest BCUT2D eigenvalue weighted by Crippen LogP contribution is -2.11. The van der Waals surface area contributed by atoms with Crippen LogP contribution in [0.2, 0.25) is 0 Å². The third-order valence-corrected chi connectivity index (χ3v) is 5.77. The monoisotopic (exact) mass is 431 g/mol. The minimum absolute atomic E-state index is 0.123. The normalized spacial score (nSPS) is 12.6. The maximum atomic E-state index is 14.4. The summed E-state index contributed by atoms with van der Waals surface area (Å²) >= 11 is 1.27. The van der Waals surface area contributed by atoms with Gasteiger partial charge in [-0.15, -0.1) is 11.3 Å². The number of halogens is 3. The van der Waals surface area contributed by atoms with Crippen molar-refractivity contribution < 1.29 is 22.6 Å². The average molecular weight is 431 g/mol. The molecule has 1 radical (unpaired) electrons. The minimum Gasteiger partial charge on any atom is -0.495 e. The smallest absolute Gasteiger partial charge is 0.263 e. The third kappa shape index (κ3) is 3.79. The first-order chi connectivity index (χ1) is 14.4. The SMILES string of the molecule is C[CH][C@H](C)Oc1cc2sc(-c3cc(C(F)F)cc4cc(OC)cnc34)nc2cc1F. The van der Waals surface area contributed by atoms with Gasteiger partial charge in [-0.2, -0.15) is 0 Å². The average Bonchev–Trinajstić information content (AvgIpc) is 3.14. The van der Waals surface area contributed by atoms with E-state index in [1.807, 2.05) is 20.3 Å². The van der Waals surface area contributed by atoms with Crippen molar-refractivity contribution in [2.45, 2.75) is 26.4 Å². The van der Waals surface area contributed by atoms with Gasteiger partial charge in [-0.1, -0.05) is 6.92 Å². The Morgan fingerprint density at radius 3 is 2.63 bits per heavy atom. The molecule has 4 aromatic rings. The van der Waals surface area contributed by atoms with Gasteiger partial charge >= 0.3 is 0 Å². The zero-order chi connectivity index (χ0) is 21.4. The summed E-state index contributed by atoms with van der Waals surface area (Å²) in [5, 5.41) is 0.991. The summed E-state index contributed by atoms with van der Waals surface area (Å²) in [6.07, 6.45) is 0.423. The third-order valence-electron chi connectivity index (χ3n) is 4.72. The molecule has 4 rings (SSSR count). The molecule has 30 heavy (non-hydrogen) atoms. The first-order valence-corrected chi connectivity index (χ1v) is 10.0. The fourth-order valence-corrected chi connectivity index (χ4v) is 4.05. The molecule has 0 aliphatic rings. The number of aromatic nitrogens is 2. The molecule has 2 aromatic heterocycles. The summed E-state index contributed by atoms with van der Waals surface area (Å²) in [6, 6.07) is 7.30. The van der Waals surface area contributed by atoms with Crippen LogP contribution in [0.5, 0.6) is 11.5 Å². The molecule has 2 aromatic carbocycles. The highest BCUT2D eigenvalue weighted by atomic mass is 32.1. The summed E-state index contributed by atoms with van der Waals surface area (Å²) in [7, 11) is 1.49. The zero-order valence-corrected chi connectivity index (χ0v) is 17.3. The summed E-state index contributed by atoms with van der Waals surface area (Å²) in [5.41, 5.74) is 1.27. The molecule has 0 unspecified atom stereocenters. The van der Waals surface area contributed by atoms with Crippen molar-refractivity contribution >= 4 is 32.5 Å². The van der Waals surface area contributed by atoms with Gasteiger partial charge in [0, 0.05) is 28.6 Å². The molecule has 0 bridgehead atoms. The predicted octanol–water partition coefficient (Wildman–Crippen LogP) is 6.59. The van der Waals surface area contributed by atoms with Crippen molar-refractivity contribution in [3.8, 4) is 22.1 Å². The van der Waals surface area contributed by atoms with Gasteiger partial charge < -0.3 is 9.47 Å². The maximum absolute atomic E-state index is 14.4. The fraction of sp³-hybridized carbons (Fsp3) is 0.227. The highest BCUT2D eigenvalue weighted by molar-refractivity contribution is 7.21. The first kappa shape index (κ1) is 20.4. The number of methoxy groups -OCH3 is 1. The number of fused-ring (bicyclic) bond motifs is 2. The Bertz CT molecular complexity index is 1230. The standard InChI is InChI=1S/C22H18F3N2O2S/c1-4-11(2)29-18-9-19-17(8-16(18)23)27-22(30-19)15-7-13(21(24)25)5-12-6-14(28-3)10-26-20(12)15/h4-11,21H,1-3H3/t11-/m0/s1. The Morgan fingerprint density at radius 2 is 1.93 bits per heavy atom. The molecule has 0 saturated carbocycles. The first-order valence-electron chi connectivity index (χ1n) is 9.22. The molecule has 0 spiro atoms. The van der Waals surface area contributed by atoms with E-state index in [9.17, 15) is 13.2 Å². The molecule has 2 heterocycles. The Hall–Kier alpha value is -2.87. The lowest BCUT2D eigenvalue weighted by Gasteiger charge is -2.12. The van der Waals surface area contributed by atoms with Gasteiger partial charge in [0.1, 0.15) is 10.8 Å². The van der Waals surface area contributed by atoms with Gasteiger partial charge in [0.15, 0.2) is 11.6 Å². The van der Waals surface area contributed by atoms with E-state index in [1.54, 1.807) is 12.1 Å². The number of alkyl halides is 2. The fourth-order valence-electron chi connectivity index (χ4n) is 3.06. The van der Waals surface area contributed by atoms with Gasteiger partial charge in [-0.25, -0.2) is 18.2 Å². The number of pyridine rings is 1. The van der Waals surface area contributed by atoms with Crippen LogP contribution < -0.4 is 9.47 Å². The van der Waals surface area contributed by atoms with Crippen molar-refractivity contribution in [1.82, 2.24) is 9.97 Å². The lowest BCUT2D eigenvalue weighted by atomic mass is 10.1. The Kier molecular flexibility index (Phi) is 5.51. The van der Waals surface area contributed by atoms with Gasteiger partial charge in [0.05, 0.1) is 35.1 Å². The molecule has 8 heteroatoms. The Morgan fingerprint density at radius 1 is 1.13 bits per heavy atom. The van der Waals surface area contributed by atoms with Crippen molar-refractivity contribution in [1.29, 1.82) is 0 Å². The number of ether oxygens (including phenoxy) is 2. The Balaban J connectivity index is 1.88. The second kappa shape index (κ2) is 8.10. The minimum atomic E-state index is -2.65. The van der Waals surface area contributed by atoms with Gasteiger partial charge in [0.2, 0.25) is 0 Å². The van der Waals surface area contributed by atoms with Crippen LogP contribution in [0.4, 0.5) is 13.2 Å². The van der Waals surface area contributed by atoms with Crippen LogP contribution >= 0.6 is 11.3 Å². The van der Waals surface area contributed by atoms with Gasteiger partial charge in [-0.3, -0.25) is 4.98 Å². The van der Waals surface area contributed by atoms with Gasteiger partial charge in [0.25, 0.3) is 6.43 Å². The molecule has 0 saturated heterocycles. The number of hydrogen-bond donors (Lipinski definition) is 0. The zero-order valence-electron chi connectivity index (χ0n) is 16.4. The summed E-state index contributed by atoms with van der Waals surface area (Å²) in [6.45, 7) is 3.64. The van der Waals surface area contributed by atoms with E-state index in [4.69, 9.17) is 9.47 Å². The van der Waals surface area contributed by atoms with E-state index in [2.05, 4.69) is 9.97 Å². The molecular weight excluding hydrogens is 413 g/mol. The molecule has 0 fully saturated rings. The van der Waals surface area contributed by atoms with Crippen LogP contribution in [0.15, 0.2) is 36.5 Å². The molecule has 4 nitrogen and oxygen atoms in total. The van der Waals surface area contributed by atoms with Crippen LogP contribution in [0.3, 0.4) is 0 Å². The second-order valence-corrected chi connectivity index (χ2v) is 7.77. The van der Waals surface area contributed by atoms with E-state index in [-0.39, 0.29) is 17.4 Å². The number of hydrogen-bond acceptors (Lipinski definition) is 5. The van der Waals surface area contributed by atoms with Crippen molar-refractivity contribution in [3.05, 3.63) is 54.3 Å². The number of nitrogens with zero attached hydrogens (tertiary/aromatic N) is 2. The van der Waals surface area contributed by atoms with E-state index in [0.717, 1.165) is 0 Å². The maximum Gasteiger partial charge on any atom is 0.263 e. The van der Waals surface area contributed by atoms with Crippen LogP contribution in [-0.4, -0.2) is 23.2 Å². The van der Waals surface area contributed by atoms with E-state index >= 15 is 0 Å². The molecular formula is C22H18F3N2O2S. The van der Waals surface area contributed by atoms with E-state index in [0.29, 0.717) is 37.4 Å². The topological polar surface area (TPSA) is 44.2 Å². The second-order valence-electron chi connectivity index (χ2n) is 6.74. The molecule has 0 amide bonds. The summed E-state index contributed by atoms with van der Waals surface area (Å²) < 4.78 is 52.9. The largest absolute Gasteiger partial charge is 0.495 e. The molecule has 0 aliphatic heterocycles.